The Bertz CT molecular complexity index is 507. The fourth-order valence-electron chi connectivity index (χ4n) is 2.56. The second-order valence-electron chi connectivity index (χ2n) is 5.12. The van der Waals surface area contributed by atoms with E-state index in [-0.39, 0.29) is 31.0 Å². The zero-order valence-corrected chi connectivity index (χ0v) is 13.4. The minimum absolute atomic E-state index is 0. The van der Waals surface area contributed by atoms with Crippen molar-refractivity contribution >= 4 is 24.2 Å². The monoisotopic (exact) mass is 327 g/mol. The molecule has 0 radical (unpaired) electrons. The summed E-state index contributed by atoms with van der Waals surface area (Å²) >= 11 is 0. The number of nitrogens with zero attached hydrogens (tertiary/aromatic N) is 1. The fraction of sp³-hybridized carbons (Fsp3) is 0.467. The highest BCUT2D eigenvalue weighted by atomic mass is 35.5. The Morgan fingerprint density at radius 1 is 1.36 bits per heavy atom. The third-order valence-corrected chi connectivity index (χ3v) is 3.64. The van der Waals surface area contributed by atoms with Crippen LogP contribution in [-0.2, 0) is 4.79 Å². The van der Waals surface area contributed by atoms with Gasteiger partial charge in [0.15, 0.2) is 6.61 Å². The number of ether oxygens (including phenoxy) is 1. The Hall–Kier alpha value is -1.79. The van der Waals surface area contributed by atoms with Gasteiger partial charge < -0.3 is 20.7 Å². The Labute approximate surface area is 136 Å². The number of nitrogens with two attached hydrogens (primary N) is 1. The number of likely N-dealkylation sites (tertiary alicyclic amines) is 1. The molecule has 1 aliphatic rings. The summed E-state index contributed by atoms with van der Waals surface area (Å²) in [6, 6.07) is 6.71. The largest absolute Gasteiger partial charge is 0.484 e. The first kappa shape index (κ1) is 18.3. The molecule has 1 fully saturated rings. The van der Waals surface area contributed by atoms with Gasteiger partial charge in [-0.05, 0) is 44.2 Å². The second kappa shape index (κ2) is 8.60. The maximum atomic E-state index is 12.2. The smallest absolute Gasteiger partial charge is 0.260 e. The number of nitrogens with one attached hydrogen (secondary N) is 1. The van der Waals surface area contributed by atoms with Gasteiger partial charge >= 0.3 is 0 Å². The molecule has 2 amide bonds. The van der Waals surface area contributed by atoms with Crippen LogP contribution in [0.1, 0.15) is 23.2 Å². The molecule has 0 spiro atoms. The van der Waals surface area contributed by atoms with E-state index in [2.05, 4.69) is 5.32 Å². The first-order chi connectivity index (χ1) is 10.1. The summed E-state index contributed by atoms with van der Waals surface area (Å²) in [7, 11) is 1.89. The first-order valence-electron chi connectivity index (χ1n) is 7.08. The van der Waals surface area contributed by atoms with E-state index >= 15 is 0 Å². The summed E-state index contributed by atoms with van der Waals surface area (Å²) in [6.07, 6.45) is 2.06. The van der Waals surface area contributed by atoms with Gasteiger partial charge in [0.2, 0.25) is 5.91 Å². The third kappa shape index (κ3) is 4.61. The lowest BCUT2D eigenvalue weighted by molar-refractivity contribution is -0.134. The van der Waals surface area contributed by atoms with Crippen molar-refractivity contribution in [1.82, 2.24) is 10.2 Å². The lowest BCUT2D eigenvalue weighted by atomic mass is 10.2. The third-order valence-electron chi connectivity index (χ3n) is 3.64. The first-order valence-corrected chi connectivity index (χ1v) is 7.08. The Morgan fingerprint density at radius 3 is 2.64 bits per heavy atom. The molecule has 0 aliphatic carbocycles. The van der Waals surface area contributed by atoms with Crippen LogP contribution in [0.4, 0.5) is 0 Å². The van der Waals surface area contributed by atoms with E-state index in [0.29, 0.717) is 11.3 Å². The molecule has 1 atom stereocenters. The van der Waals surface area contributed by atoms with E-state index in [0.717, 1.165) is 25.9 Å². The van der Waals surface area contributed by atoms with E-state index in [1.807, 2.05) is 11.9 Å². The molecule has 0 bridgehead atoms. The quantitative estimate of drug-likeness (QED) is 0.809. The van der Waals surface area contributed by atoms with Crippen molar-refractivity contribution in [3.63, 3.8) is 0 Å². The van der Waals surface area contributed by atoms with E-state index in [4.69, 9.17) is 10.5 Å². The lowest BCUT2D eigenvalue weighted by Crippen LogP contribution is -2.43. The van der Waals surface area contributed by atoms with Crippen molar-refractivity contribution in [2.24, 2.45) is 5.73 Å². The van der Waals surface area contributed by atoms with Crippen LogP contribution in [-0.4, -0.2) is 49.5 Å². The summed E-state index contributed by atoms with van der Waals surface area (Å²) in [5.41, 5.74) is 5.58. The maximum absolute atomic E-state index is 12.2. The molecule has 1 saturated heterocycles. The minimum Gasteiger partial charge on any atom is -0.484 e. The summed E-state index contributed by atoms with van der Waals surface area (Å²) in [5, 5.41) is 3.11. The topological polar surface area (TPSA) is 84.7 Å². The maximum Gasteiger partial charge on any atom is 0.260 e. The normalized spacial score (nSPS) is 17.0. The number of primary amides is 1. The molecule has 1 aromatic carbocycles. The van der Waals surface area contributed by atoms with Crippen molar-refractivity contribution in [3.8, 4) is 5.75 Å². The fourth-order valence-corrected chi connectivity index (χ4v) is 2.56. The highest BCUT2D eigenvalue weighted by Crippen LogP contribution is 2.17. The molecule has 1 aliphatic heterocycles. The van der Waals surface area contributed by atoms with Crippen LogP contribution in [0, 0.1) is 0 Å². The van der Waals surface area contributed by atoms with Crippen LogP contribution in [0.25, 0.3) is 0 Å². The van der Waals surface area contributed by atoms with Crippen LogP contribution >= 0.6 is 12.4 Å². The minimum atomic E-state index is -0.482. The van der Waals surface area contributed by atoms with E-state index in [1.54, 1.807) is 24.3 Å². The average molecular weight is 328 g/mol. The van der Waals surface area contributed by atoms with Crippen molar-refractivity contribution in [1.29, 1.82) is 0 Å². The molecule has 1 aromatic rings. The van der Waals surface area contributed by atoms with Crippen LogP contribution in [0.3, 0.4) is 0 Å². The standard InChI is InChI=1S/C15H21N3O3.ClH/c1-17-9-12-3-2-8-18(12)14(19)10-21-13-6-4-11(5-7-13)15(16)20;/h4-7,12,17H,2-3,8-10H2,1H3,(H2,16,20);1H. The number of rotatable bonds is 6. The number of hydrogen-bond acceptors (Lipinski definition) is 4. The molecule has 0 aromatic heterocycles. The zero-order chi connectivity index (χ0) is 15.2. The molecule has 1 heterocycles. The van der Waals surface area contributed by atoms with Gasteiger partial charge in [-0.2, -0.15) is 0 Å². The second-order valence-corrected chi connectivity index (χ2v) is 5.12. The van der Waals surface area contributed by atoms with Gasteiger partial charge in [0.25, 0.3) is 5.91 Å². The van der Waals surface area contributed by atoms with Gasteiger partial charge in [-0.25, -0.2) is 0 Å². The number of hydrogen-bond donors (Lipinski definition) is 2. The average Bonchev–Trinajstić information content (AvgIpc) is 2.94. The molecule has 122 valence electrons. The molecule has 22 heavy (non-hydrogen) atoms. The van der Waals surface area contributed by atoms with Crippen LogP contribution < -0.4 is 15.8 Å². The number of benzene rings is 1. The zero-order valence-electron chi connectivity index (χ0n) is 12.6. The van der Waals surface area contributed by atoms with Crippen molar-refractivity contribution in [3.05, 3.63) is 29.8 Å². The molecular formula is C15H22ClN3O3. The molecule has 1 unspecified atom stereocenters. The number of halogens is 1. The Morgan fingerprint density at radius 2 is 2.05 bits per heavy atom. The van der Waals surface area contributed by atoms with E-state index < -0.39 is 5.91 Å². The van der Waals surface area contributed by atoms with Crippen LogP contribution in [0.15, 0.2) is 24.3 Å². The molecular weight excluding hydrogens is 306 g/mol. The van der Waals surface area contributed by atoms with Crippen molar-refractivity contribution < 1.29 is 14.3 Å². The van der Waals surface area contributed by atoms with Gasteiger partial charge in [0.05, 0.1) is 0 Å². The van der Waals surface area contributed by atoms with Gasteiger partial charge in [-0.3, -0.25) is 9.59 Å². The Kier molecular flexibility index (Phi) is 7.14. The highest BCUT2D eigenvalue weighted by molar-refractivity contribution is 5.92. The molecule has 3 N–H and O–H groups in total. The summed E-state index contributed by atoms with van der Waals surface area (Å²) in [5.74, 6) is 0.0639. The SMILES string of the molecule is CNCC1CCCN1C(=O)COc1ccc(C(N)=O)cc1.Cl. The van der Waals surface area contributed by atoms with Crippen molar-refractivity contribution in [2.75, 3.05) is 26.7 Å². The Balaban J connectivity index is 0.00000242. The van der Waals surface area contributed by atoms with Gasteiger partial charge in [0.1, 0.15) is 5.75 Å². The lowest BCUT2D eigenvalue weighted by Gasteiger charge is -2.24. The van der Waals surface area contributed by atoms with Gasteiger partial charge in [0, 0.05) is 24.7 Å². The predicted octanol–water partition coefficient (Wildman–Crippen LogP) is 0.796. The number of carbonyl (C=O) groups is 2. The van der Waals surface area contributed by atoms with E-state index in [9.17, 15) is 9.59 Å². The summed E-state index contributed by atoms with van der Waals surface area (Å²) in [4.78, 5) is 25.0. The molecule has 2 rings (SSSR count). The number of amides is 2. The molecule has 0 saturated carbocycles. The van der Waals surface area contributed by atoms with Gasteiger partial charge in [-0.15, -0.1) is 12.4 Å². The van der Waals surface area contributed by atoms with E-state index in [1.165, 1.54) is 0 Å². The summed E-state index contributed by atoms with van der Waals surface area (Å²) < 4.78 is 5.48. The predicted molar refractivity (Wildman–Crippen MR) is 86.4 cm³/mol. The van der Waals surface area contributed by atoms with Crippen molar-refractivity contribution in [2.45, 2.75) is 18.9 Å². The summed E-state index contributed by atoms with van der Waals surface area (Å²) in [6.45, 7) is 1.60. The number of likely N-dealkylation sites (N-methyl/N-ethyl adjacent to an activating group) is 1. The highest BCUT2D eigenvalue weighted by Gasteiger charge is 2.28. The van der Waals surface area contributed by atoms with Crippen LogP contribution in [0.5, 0.6) is 5.75 Å². The molecule has 6 nitrogen and oxygen atoms in total. The molecule has 7 heteroatoms. The van der Waals surface area contributed by atoms with Gasteiger partial charge in [-0.1, -0.05) is 0 Å². The van der Waals surface area contributed by atoms with Crippen LogP contribution in [0.2, 0.25) is 0 Å². The number of carbonyl (C=O) groups excluding carboxylic acids is 2.